The Labute approximate surface area is 182 Å². The summed E-state index contributed by atoms with van der Waals surface area (Å²) in [6, 6.07) is 17.2. The van der Waals surface area contributed by atoms with Crippen molar-refractivity contribution in [3.8, 4) is 11.5 Å². The standard InChI is InChI=1S/C25H28N2O4/c1-18-23(19(2)31-26-18)17-30-24-13-7-6-12-22(24)25(28)27-14-8-9-20(15-27)16-29-21-10-4-3-5-11-21/h3-7,10-13,20H,8-9,14-17H2,1-2H3. The number of piperidine rings is 1. The molecule has 3 aromatic rings. The number of hydrogen-bond acceptors (Lipinski definition) is 5. The highest BCUT2D eigenvalue weighted by Gasteiger charge is 2.27. The molecule has 1 aliphatic rings. The maximum Gasteiger partial charge on any atom is 0.257 e. The van der Waals surface area contributed by atoms with Gasteiger partial charge in [0.15, 0.2) is 0 Å². The van der Waals surface area contributed by atoms with Crippen LogP contribution in [0.1, 0.15) is 40.2 Å². The molecule has 1 saturated heterocycles. The van der Waals surface area contributed by atoms with Crippen molar-refractivity contribution in [2.24, 2.45) is 5.92 Å². The second-order valence-electron chi connectivity index (χ2n) is 7.97. The minimum Gasteiger partial charge on any atom is -0.493 e. The van der Waals surface area contributed by atoms with Gasteiger partial charge < -0.3 is 18.9 Å². The summed E-state index contributed by atoms with van der Waals surface area (Å²) in [5.41, 5.74) is 2.30. The number of hydrogen-bond donors (Lipinski definition) is 0. The third-order valence-corrected chi connectivity index (χ3v) is 5.71. The van der Waals surface area contributed by atoms with E-state index < -0.39 is 0 Å². The van der Waals surface area contributed by atoms with Crippen molar-refractivity contribution in [1.82, 2.24) is 10.1 Å². The van der Waals surface area contributed by atoms with E-state index in [1.807, 2.05) is 73.3 Å². The minimum atomic E-state index is -0.00114. The molecule has 0 saturated carbocycles. The Bertz CT molecular complexity index is 996. The maximum absolute atomic E-state index is 13.3. The molecular formula is C25H28N2O4. The van der Waals surface area contributed by atoms with Gasteiger partial charge in [0, 0.05) is 19.0 Å². The van der Waals surface area contributed by atoms with Gasteiger partial charge in [0.25, 0.3) is 5.91 Å². The lowest BCUT2D eigenvalue weighted by atomic mass is 9.98. The third kappa shape index (κ3) is 5.08. The Balaban J connectivity index is 1.40. The number of nitrogens with zero attached hydrogens (tertiary/aromatic N) is 2. The van der Waals surface area contributed by atoms with Gasteiger partial charge in [0.2, 0.25) is 0 Å². The first kappa shape index (κ1) is 21.0. The topological polar surface area (TPSA) is 64.8 Å². The van der Waals surface area contributed by atoms with Crippen molar-refractivity contribution in [2.75, 3.05) is 19.7 Å². The van der Waals surface area contributed by atoms with Crippen LogP contribution in [0.15, 0.2) is 59.1 Å². The molecule has 2 heterocycles. The fourth-order valence-corrected chi connectivity index (χ4v) is 3.91. The number of carbonyl (C=O) groups excluding carboxylic acids is 1. The number of aromatic nitrogens is 1. The summed E-state index contributed by atoms with van der Waals surface area (Å²) < 4.78 is 17.1. The molecule has 4 rings (SSSR count). The van der Waals surface area contributed by atoms with E-state index in [0.29, 0.717) is 37.0 Å². The first-order valence-electron chi connectivity index (χ1n) is 10.7. The number of carbonyl (C=O) groups is 1. The lowest BCUT2D eigenvalue weighted by Crippen LogP contribution is -2.41. The number of para-hydroxylation sites is 2. The van der Waals surface area contributed by atoms with Crippen LogP contribution >= 0.6 is 0 Å². The average molecular weight is 421 g/mol. The highest BCUT2D eigenvalue weighted by molar-refractivity contribution is 5.97. The van der Waals surface area contributed by atoms with Gasteiger partial charge in [-0.3, -0.25) is 4.79 Å². The average Bonchev–Trinajstić information content (AvgIpc) is 3.14. The summed E-state index contributed by atoms with van der Waals surface area (Å²) in [4.78, 5) is 15.2. The Morgan fingerprint density at radius 2 is 1.87 bits per heavy atom. The second kappa shape index (κ2) is 9.69. The quantitative estimate of drug-likeness (QED) is 0.549. The van der Waals surface area contributed by atoms with Crippen molar-refractivity contribution in [3.05, 3.63) is 77.2 Å². The molecule has 162 valence electrons. The van der Waals surface area contributed by atoms with Crippen LogP contribution in [0, 0.1) is 19.8 Å². The predicted octanol–water partition coefficient (Wildman–Crippen LogP) is 4.80. The van der Waals surface area contributed by atoms with Gasteiger partial charge in [0.1, 0.15) is 23.9 Å². The molecule has 1 fully saturated rings. The van der Waals surface area contributed by atoms with Crippen LogP contribution in [0.25, 0.3) is 0 Å². The van der Waals surface area contributed by atoms with Gasteiger partial charge in [-0.2, -0.15) is 0 Å². The van der Waals surface area contributed by atoms with Crippen LogP contribution in [-0.4, -0.2) is 35.7 Å². The molecular weight excluding hydrogens is 392 g/mol. The number of benzene rings is 2. The summed E-state index contributed by atoms with van der Waals surface area (Å²) in [6.45, 7) is 6.11. The first-order valence-corrected chi connectivity index (χ1v) is 10.7. The van der Waals surface area contributed by atoms with Crippen LogP contribution in [0.5, 0.6) is 11.5 Å². The van der Waals surface area contributed by atoms with Gasteiger partial charge in [-0.1, -0.05) is 35.5 Å². The molecule has 0 aliphatic carbocycles. The summed E-state index contributed by atoms with van der Waals surface area (Å²) in [6.07, 6.45) is 2.03. The number of likely N-dealkylation sites (tertiary alicyclic amines) is 1. The molecule has 0 bridgehead atoms. The molecule has 0 radical (unpaired) electrons. The van der Waals surface area contributed by atoms with Crippen LogP contribution < -0.4 is 9.47 Å². The van der Waals surface area contributed by atoms with E-state index in [1.54, 1.807) is 0 Å². The van der Waals surface area contributed by atoms with E-state index in [1.165, 1.54) is 0 Å². The Hall–Kier alpha value is -3.28. The zero-order valence-electron chi connectivity index (χ0n) is 18.0. The van der Waals surface area contributed by atoms with Crippen molar-refractivity contribution in [2.45, 2.75) is 33.3 Å². The number of ether oxygens (including phenoxy) is 2. The molecule has 31 heavy (non-hydrogen) atoms. The summed E-state index contributed by atoms with van der Waals surface area (Å²) >= 11 is 0. The zero-order chi connectivity index (χ0) is 21.6. The minimum absolute atomic E-state index is 0.00114. The summed E-state index contributed by atoms with van der Waals surface area (Å²) in [7, 11) is 0. The van der Waals surface area contributed by atoms with E-state index in [-0.39, 0.29) is 5.91 Å². The zero-order valence-corrected chi connectivity index (χ0v) is 18.0. The molecule has 1 aromatic heterocycles. The Kier molecular flexibility index (Phi) is 6.55. The van der Waals surface area contributed by atoms with Gasteiger partial charge in [-0.05, 0) is 51.0 Å². The third-order valence-electron chi connectivity index (χ3n) is 5.71. The monoisotopic (exact) mass is 420 g/mol. The van der Waals surface area contributed by atoms with E-state index in [0.717, 1.165) is 42.2 Å². The number of rotatable bonds is 7. The van der Waals surface area contributed by atoms with Gasteiger partial charge >= 0.3 is 0 Å². The predicted molar refractivity (Wildman–Crippen MR) is 117 cm³/mol. The van der Waals surface area contributed by atoms with Crippen LogP contribution in [0.2, 0.25) is 0 Å². The maximum atomic E-state index is 13.3. The lowest BCUT2D eigenvalue weighted by Gasteiger charge is -2.33. The van der Waals surface area contributed by atoms with Crippen molar-refractivity contribution in [3.63, 3.8) is 0 Å². The molecule has 0 N–H and O–H groups in total. The SMILES string of the molecule is Cc1noc(C)c1COc1ccccc1C(=O)N1CCCC(COc2ccccc2)C1. The fraction of sp³-hybridized carbons (Fsp3) is 0.360. The van der Waals surface area contributed by atoms with Crippen molar-refractivity contribution in [1.29, 1.82) is 0 Å². The van der Waals surface area contributed by atoms with Crippen LogP contribution in [0.3, 0.4) is 0 Å². The van der Waals surface area contributed by atoms with Gasteiger partial charge in [0.05, 0.1) is 23.4 Å². The summed E-state index contributed by atoms with van der Waals surface area (Å²) in [5.74, 6) is 2.49. The van der Waals surface area contributed by atoms with Crippen LogP contribution in [0.4, 0.5) is 0 Å². The first-order chi connectivity index (χ1) is 15.1. The molecule has 1 unspecified atom stereocenters. The number of aryl methyl sites for hydroxylation is 2. The molecule has 1 aliphatic heterocycles. The van der Waals surface area contributed by atoms with Crippen molar-refractivity contribution < 1.29 is 18.8 Å². The van der Waals surface area contributed by atoms with Crippen molar-refractivity contribution >= 4 is 5.91 Å². The highest BCUT2D eigenvalue weighted by atomic mass is 16.5. The van der Waals surface area contributed by atoms with Gasteiger partial charge in [-0.25, -0.2) is 0 Å². The molecule has 6 heteroatoms. The normalized spacial score (nSPS) is 16.2. The lowest BCUT2D eigenvalue weighted by molar-refractivity contribution is 0.0629. The van der Waals surface area contributed by atoms with E-state index >= 15 is 0 Å². The molecule has 6 nitrogen and oxygen atoms in total. The fourth-order valence-electron chi connectivity index (χ4n) is 3.91. The molecule has 1 amide bonds. The smallest absolute Gasteiger partial charge is 0.257 e. The molecule has 2 aromatic carbocycles. The van der Waals surface area contributed by atoms with E-state index in [4.69, 9.17) is 14.0 Å². The van der Waals surface area contributed by atoms with Crippen LogP contribution in [-0.2, 0) is 6.61 Å². The van der Waals surface area contributed by atoms with E-state index in [9.17, 15) is 4.79 Å². The summed E-state index contributed by atoms with van der Waals surface area (Å²) in [5, 5.41) is 3.97. The largest absolute Gasteiger partial charge is 0.493 e. The Morgan fingerprint density at radius 3 is 2.65 bits per heavy atom. The Morgan fingerprint density at radius 1 is 1.10 bits per heavy atom. The highest BCUT2D eigenvalue weighted by Crippen LogP contribution is 2.26. The molecule has 0 spiro atoms. The second-order valence-corrected chi connectivity index (χ2v) is 7.97. The number of amides is 1. The van der Waals surface area contributed by atoms with Gasteiger partial charge in [-0.15, -0.1) is 0 Å². The van der Waals surface area contributed by atoms with E-state index in [2.05, 4.69) is 5.16 Å². The molecule has 1 atom stereocenters.